The summed E-state index contributed by atoms with van der Waals surface area (Å²) in [7, 11) is 1.46. The predicted molar refractivity (Wildman–Crippen MR) is 47.9 cm³/mol. The maximum absolute atomic E-state index is 10.6. The van der Waals surface area contributed by atoms with Gasteiger partial charge in [-0.2, -0.15) is 0 Å². The molecule has 1 aromatic carbocycles. The molecule has 0 fully saturated rings. The predicted octanol–water partition coefficient (Wildman–Crippen LogP) is 1.37. The number of carbonyl (C=O) groups is 1. The summed E-state index contributed by atoms with van der Waals surface area (Å²) in [6.07, 6.45) is 5.14. The Kier molecular flexibility index (Phi) is 2.56. The molecule has 0 radical (unpaired) electrons. The topological polar surface area (TPSA) is 46.5 Å². The van der Waals surface area contributed by atoms with Gasteiger partial charge in [0.2, 0.25) is 0 Å². The second kappa shape index (κ2) is 3.63. The van der Waals surface area contributed by atoms with E-state index in [0.717, 1.165) is 0 Å². The van der Waals surface area contributed by atoms with Crippen LogP contribution >= 0.6 is 0 Å². The van der Waals surface area contributed by atoms with Crippen molar-refractivity contribution in [2.24, 2.45) is 0 Å². The molecule has 0 unspecified atom stereocenters. The molecule has 0 spiro atoms. The van der Waals surface area contributed by atoms with E-state index in [4.69, 9.17) is 16.3 Å². The molecule has 0 saturated heterocycles. The lowest BCUT2D eigenvalue weighted by Crippen LogP contribution is -1.97. The number of hydrogen-bond acceptors (Lipinski definition) is 2. The van der Waals surface area contributed by atoms with Gasteiger partial charge in [-0.15, -0.1) is 6.42 Å². The number of methoxy groups -OCH3 is 1. The number of hydrogen-bond donors (Lipinski definition) is 1. The molecule has 1 aromatic rings. The molecule has 1 N–H and O–H groups in total. The van der Waals surface area contributed by atoms with Crippen molar-refractivity contribution in [3.05, 3.63) is 29.3 Å². The number of ether oxygens (including phenoxy) is 1. The summed E-state index contributed by atoms with van der Waals surface area (Å²) in [5.74, 6) is 1.79. The molecule has 0 aliphatic carbocycles. The molecule has 0 bridgehead atoms. The standard InChI is InChI=1S/C10H8O3/c1-3-7-4-8(10(11)12)6-9(5-7)13-2/h1,4-6H,2H3,(H,11,12). The van der Waals surface area contributed by atoms with Crippen LogP contribution in [0.2, 0.25) is 0 Å². The molecule has 0 aliphatic heterocycles. The molecule has 13 heavy (non-hydrogen) atoms. The van der Waals surface area contributed by atoms with Gasteiger partial charge in [-0.05, 0) is 18.2 Å². The molecule has 0 aromatic heterocycles. The normalized spacial score (nSPS) is 8.92. The first kappa shape index (κ1) is 9.14. The van der Waals surface area contributed by atoms with E-state index in [2.05, 4.69) is 5.92 Å². The van der Waals surface area contributed by atoms with Crippen molar-refractivity contribution >= 4 is 5.97 Å². The highest BCUT2D eigenvalue weighted by Crippen LogP contribution is 2.16. The largest absolute Gasteiger partial charge is 0.497 e. The van der Waals surface area contributed by atoms with Gasteiger partial charge in [0.15, 0.2) is 0 Å². The van der Waals surface area contributed by atoms with Crippen molar-refractivity contribution in [2.75, 3.05) is 7.11 Å². The van der Waals surface area contributed by atoms with Crippen LogP contribution in [0.4, 0.5) is 0 Å². The van der Waals surface area contributed by atoms with Crippen LogP contribution in [-0.4, -0.2) is 18.2 Å². The summed E-state index contributed by atoms with van der Waals surface area (Å²) in [4.78, 5) is 10.6. The van der Waals surface area contributed by atoms with Gasteiger partial charge in [0, 0.05) is 5.56 Å². The number of carboxylic acids is 1. The number of benzene rings is 1. The quantitative estimate of drug-likeness (QED) is 0.692. The van der Waals surface area contributed by atoms with Gasteiger partial charge in [0.25, 0.3) is 0 Å². The molecule has 0 saturated carbocycles. The molecule has 66 valence electrons. The summed E-state index contributed by atoms with van der Waals surface area (Å²) in [6, 6.07) is 4.44. The second-order valence-electron chi connectivity index (χ2n) is 2.40. The molecule has 1 rings (SSSR count). The van der Waals surface area contributed by atoms with Gasteiger partial charge in [-0.25, -0.2) is 4.79 Å². The molecule has 3 nitrogen and oxygen atoms in total. The zero-order chi connectivity index (χ0) is 9.84. The number of terminal acetylenes is 1. The Balaban J connectivity index is 3.24. The Labute approximate surface area is 76.0 Å². The summed E-state index contributed by atoms with van der Waals surface area (Å²) in [5.41, 5.74) is 0.629. The van der Waals surface area contributed by atoms with Crippen LogP contribution in [0.5, 0.6) is 5.75 Å². The third-order valence-corrected chi connectivity index (χ3v) is 1.56. The third kappa shape index (κ3) is 2.00. The molecule has 0 amide bonds. The lowest BCUT2D eigenvalue weighted by Gasteiger charge is -2.02. The van der Waals surface area contributed by atoms with Crippen LogP contribution in [0, 0.1) is 12.3 Å². The average Bonchev–Trinajstić information content (AvgIpc) is 2.16. The van der Waals surface area contributed by atoms with Crippen LogP contribution < -0.4 is 4.74 Å². The highest BCUT2D eigenvalue weighted by molar-refractivity contribution is 5.88. The minimum atomic E-state index is -1.02. The first-order valence-electron chi connectivity index (χ1n) is 3.56. The van der Waals surface area contributed by atoms with E-state index in [1.54, 1.807) is 6.07 Å². The van der Waals surface area contributed by atoms with Crippen molar-refractivity contribution in [1.29, 1.82) is 0 Å². The Bertz CT molecular complexity index is 374. The van der Waals surface area contributed by atoms with Gasteiger partial charge in [0.05, 0.1) is 12.7 Å². The highest BCUT2D eigenvalue weighted by Gasteiger charge is 2.05. The van der Waals surface area contributed by atoms with Crippen LogP contribution in [0.15, 0.2) is 18.2 Å². The first-order chi connectivity index (χ1) is 6.17. The summed E-state index contributed by atoms with van der Waals surface area (Å²) < 4.78 is 4.89. The molecular formula is C10H8O3. The summed E-state index contributed by atoms with van der Waals surface area (Å²) >= 11 is 0. The van der Waals surface area contributed by atoms with Gasteiger partial charge in [0.1, 0.15) is 5.75 Å². The highest BCUT2D eigenvalue weighted by atomic mass is 16.5. The van der Waals surface area contributed by atoms with Gasteiger partial charge < -0.3 is 9.84 Å². The minimum absolute atomic E-state index is 0.132. The fraction of sp³-hybridized carbons (Fsp3) is 0.100. The Morgan fingerprint density at radius 2 is 2.23 bits per heavy atom. The van der Waals surface area contributed by atoms with E-state index < -0.39 is 5.97 Å². The third-order valence-electron chi connectivity index (χ3n) is 1.56. The van der Waals surface area contributed by atoms with Crippen molar-refractivity contribution in [3.8, 4) is 18.1 Å². The van der Waals surface area contributed by atoms with Crippen LogP contribution in [0.3, 0.4) is 0 Å². The van der Waals surface area contributed by atoms with E-state index in [1.807, 2.05) is 0 Å². The van der Waals surface area contributed by atoms with Gasteiger partial charge >= 0.3 is 5.97 Å². The zero-order valence-electron chi connectivity index (χ0n) is 7.07. The van der Waals surface area contributed by atoms with Crippen LogP contribution in [0.25, 0.3) is 0 Å². The van der Waals surface area contributed by atoms with Crippen molar-refractivity contribution in [2.45, 2.75) is 0 Å². The maximum atomic E-state index is 10.6. The molecule has 0 heterocycles. The maximum Gasteiger partial charge on any atom is 0.335 e. The van der Waals surface area contributed by atoms with E-state index in [0.29, 0.717) is 11.3 Å². The van der Waals surface area contributed by atoms with E-state index in [9.17, 15) is 4.79 Å². The van der Waals surface area contributed by atoms with E-state index >= 15 is 0 Å². The number of carboxylic acid groups (broad SMARTS) is 1. The summed E-state index contributed by atoms with van der Waals surface area (Å²) in [6.45, 7) is 0. The lowest BCUT2D eigenvalue weighted by molar-refractivity contribution is 0.0696. The molecule has 0 aliphatic rings. The average molecular weight is 176 g/mol. The number of rotatable bonds is 2. The van der Waals surface area contributed by atoms with E-state index in [1.165, 1.54) is 19.2 Å². The fourth-order valence-electron chi connectivity index (χ4n) is 0.924. The van der Waals surface area contributed by atoms with Crippen LogP contribution in [0.1, 0.15) is 15.9 Å². The van der Waals surface area contributed by atoms with Crippen molar-refractivity contribution in [1.82, 2.24) is 0 Å². The fourth-order valence-corrected chi connectivity index (χ4v) is 0.924. The molecule has 0 atom stereocenters. The SMILES string of the molecule is C#Cc1cc(OC)cc(C(=O)O)c1. The zero-order valence-corrected chi connectivity index (χ0v) is 7.07. The van der Waals surface area contributed by atoms with Crippen molar-refractivity contribution in [3.63, 3.8) is 0 Å². The lowest BCUT2D eigenvalue weighted by atomic mass is 10.1. The van der Waals surface area contributed by atoms with Crippen molar-refractivity contribution < 1.29 is 14.6 Å². The first-order valence-corrected chi connectivity index (χ1v) is 3.56. The number of aromatic carboxylic acids is 1. The van der Waals surface area contributed by atoms with E-state index in [-0.39, 0.29) is 5.56 Å². The smallest absolute Gasteiger partial charge is 0.335 e. The van der Waals surface area contributed by atoms with Gasteiger partial charge in [-0.3, -0.25) is 0 Å². The van der Waals surface area contributed by atoms with Crippen LogP contribution in [-0.2, 0) is 0 Å². The Morgan fingerprint density at radius 3 is 2.69 bits per heavy atom. The molecular weight excluding hydrogens is 168 g/mol. The minimum Gasteiger partial charge on any atom is -0.497 e. The molecule has 3 heteroatoms. The van der Waals surface area contributed by atoms with Gasteiger partial charge in [-0.1, -0.05) is 5.92 Å². The summed E-state index contributed by atoms with van der Waals surface area (Å²) in [5, 5.41) is 8.70. The Hall–Kier alpha value is -1.95. The second-order valence-corrected chi connectivity index (χ2v) is 2.40. The monoisotopic (exact) mass is 176 g/mol. The Morgan fingerprint density at radius 1 is 1.54 bits per heavy atom.